The lowest BCUT2D eigenvalue weighted by Gasteiger charge is -2.04. The highest BCUT2D eigenvalue weighted by atomic mass is 33.1. The smallest absolute Gasteiger partial charge is 0.407 e. The van der Waals surface area contributed by atoms with E-state index in [0.717, 1.165) is 10.8 Å². The second-order valence-corrected chi connectivity index (χ2v) is 5.30. The summed E-state index contributed by atoms with van der Waals surface area (Å²) in [6.45, 7) is 0.397. The van der Waals surface area contributed by atoms with Crippen LogP contribution in [0.1, 0.15) is 0 Å². The minimum absolute atomic E-state index is 0.0294. The van der Waals surface area contributed by atoms with Crippen molar-refractivity contribution in [3.63, 3.8) is 0 Å². The van der Waals surface area contributed by atoms with Crippen molar-refractivity contribution in [2.24, 2.45) is 0 Å². The molecule has 94 valence electrons. The predicted molar refractivity (Wildman–Crippen MR) is 69.0 cm³/mol. The van der Waals surface area contributed by atoms with Crippen LogP contribution in [0.25, 0.3) is 0 Å². The summed E-state index contributed by atoms with van der Waals surface area (Å²) in [6.07, 6.45) is 1.25. The number of nitrogens with zero attached hydrogens (tertiary/aromatic N) is 1. The quantitative estimate of drug-likeness (QED) is 0.580. The summed E-state index contributed by atoms with van der Waals surface area (Å²) < 4.78 is 4.63. The van der Waals surface area contributed by atoms with Crippen LogP contribution in [0, 0.1) is 0 Å². The van der Waals surface area contributed by atoms with Crippen LogP contribution in [0.15, 0.2) is 29.4 Å². The zero-order valence-electron chi connectivity index (χ0n) is 9.17. The molecule has 1 aromatic heterocycles. The number of hydrogen-bond donors (Lipinski definition) is 2. The third kappa shape index (κ3) is 7.09. The molecule has 5 nitrogen and oxygen atoms in total. The number of nitrogens with one attached hydrogen (secondary N) is 1. The van der Waals surface area contributed by atoms with Gasteiger partial charge in [0.25, 0.3) is 0 Å². The number of alkyl carbamates (subject to hydrolysis) is 1. The Hall–Kier alpha value is -0.920. The van der Waals surface area contributed by atoms with Gasteiger partial charge in [-0.1, -0.05) is 16.9 Å². The zero-order chi connectivity index (χ0) is 12.3. The van der Waals surface area contributed by atoms with Crippen LogP contribution >= 0.6 is 21.6 Å². The minimum Gasteiger partial charge on any atom is -0.447 e. The number of hydrogen-bond acceptors (Lipinski definition) is 6. The molecule has 0 atom stereocenters. The lowest BCUT2D eigenvalue weighted by molar-refractivity contribution is 0.119. The highest BCUT2D eigenvalue weighted by molar-refractivity contribution is 8.76. The van der Waals surface area contributed by atoms with Gasteiger partial charge in [0.05, 0.1) is 6.61 Å². The molecule has 0 aliphatic rings. The SMILES string of the molecule is O=C(NCCSSc1ccccn1)OCCO. The first-order chi connectivity index (χ1) is 8.33. The molecule has 0 saturated carbocycles. The van der Waals surface area contributed by atoms with E-state index in [0.29, 0.717) is 6.54 Å². The Kier molecular flexibility index (Phi) is 7.61. The fourth-order valence-electron chi connectivity index (χ4n) is 0.883. The van der Waals surface area contributed by atoms with E-state index >= 15 is 0 Å². The van der Waals surface area contributed by atoms with Crippen molar-refractivity contribution in [3.05, 3.63) is 24.4 Å². The number of carbonyl (C=O) groups is 1. The number of ether oxygens (including phenoxy) is 1. The molecule has 0 aliphatic carbocycles. The lowest BCUT2D eigenvalue weighted by atomic mass is 10.5. The molecule has 0 aliphatic heterocycles. The summed E-state index contributed by atoms with van der Waals surface area (Å²) in [6, 6.07) is 5.73. The molecule has 17 heavy (non-hydrogen) atoms. The van der Waals surface area contributed by atoms with Crippen LogP contribution in [0.4, 0.5) is 4.79 Å². The van der Waals surface area contributed by atoms with Gasteiger partial charge in [-0.3, -0.25) is 0 Å². The van der Waals surface area contributed by atoms with E-state index in [-0.39, 0.29) is 13.2 Å². The maximum Gasteiger partial charge on any atom is 0.407 e. The van der Waals surface area contributed by atoms with Crippen molar-refractivity contribution in [2.75, 3.05) is 25.5 Å². The van der Waals surface area contributed by atoms with Crippen molar-refractivity contribution in [2.45, 2.75) is 5.03 Å². The van der Waals surface area contributed by atoms with E-state index in [4.69, 9.17) is 5.11 Å². The normalized spacial score (nSPS) is 9.94. The first-order valence-corrected chi connectivity index (χ1v) is 7.37. The Morgan fingerprint density at radius 3 is 3.12 bits per heavy atom. The van der Waals surface area contributed by atoms with Crippen LogP contribution < -0.4 is 5.32 Å². The van der Waals surface area contributed by atoms with Crippen molar-refractivity contribution in [1.29, 1.82) is 0 Å². The van der Waals surface area contributed by atoms with Gasteiger partial charge in [0.2, 0.25) is 0 Å². The van der Waals surface area contributed by atoms with Gasteiger partial charge in [-0.15, -0.1) is 0 Å². The fourth-order valence-corrected chi connectivity index (χ4v) is 2.67. The molecular formula is C10H14N2O3S2. The molecule has 0 fully saturated rings. The largest absolute Gasteiger partial charge is 0.447 e. The Morgan fingerprint density at radius 2 is 2.41 bits per heavy atom. The van der Waals surface area contributed by atoms with Crippen molar-refractivity contribution in [3.8, 4) is 0 Å². The number of rotatable bonds is 7. The monoisotopic (exact) mass is 274 g/mol. The van der Waals surface area contributed by atoms with E-state index in [9.17, 15) is 4.79 Å². The van der Waals surface area contributed by atoms with Gasteiger partial charge in [-0.25, -0.2) is 9.78 Å². The second kappa shape index (κ2) is 9.15. The summed E-state index contributed by atoms with van der Waals surface area (Å²) in [5.74, 6) is 0.759. The zero-order valence-corrected chi connectivity index (χ0v) is 10.8. The van der Waals surface area contributed by atoms with Crippen LogP contribution in [0.2, 0.25) is 0 Å². The van der Waals surface area contributed by atoms with E-state index in [1.165, 1.54) is 0 Å². The highest BCUT2D eigenvalue weighted by Gasteiger charge is 2.00. The molecule has 1 amide bonds. The number of aromatic nitrogens is 1. The summed E-state index contributed by atoms with van der Waals surface area (Å²) >= 11 is 0. The molecule has 1 rings (SSSR count). The lowest BCUT2D eigenvalue weighted by Crippen LogP contribution is -2.27. The van der Waals surface area contributed by atoms with Gasteiger partial charge < -0.3 is 15.2 Å². The molecule has 2 N–H and O–H groups in total. The molecule has 1 aromatic rings. The van der Waals surface area contributed by atoms with Gasteiger partial charge in [-0.05, 0) is 22.9 Å². The fraction of sp³-hybridized carbons (Fsp3) is 0.400. The van der Waals surface area contributed by atoms with E-state index in [2.05, 4.69) is 15.0 Å². The number of aliphatic hydroxyl groups excluding tert-OH is 1. The minimum atomic E-state index is -0.498. The first-order valence-electron chi connectivity index (χ1n) is 5.05. The van der Waals surface area contributed by atoms with Gasteiger partial charge in [-0.2, -0.15) is 0 Å². The number of pyridine rings is 1. The molecule has 0 spiro atoms. The maximum absolute atomic E-state index is 11.0. The topological polar surface area (TPSA) is 71.5 Å². The van der Waals surface area contributed by atoms with Gasteiger partial charge in [0.15, 0.2) is 0 Å². The van der Waals surface area contributed by atoms with Crippen LogP contribution in [0.5, 0.6) is 0 Å². The van der Waals surface area contributed by atoms with E-state index < -0.39 is 6.09 Å². The van der Waals surface area contributed by atoms with Crippen LogP contribution in [-0.4, -0.2) is 41.7 Å². The molecule has 7 heteroatoms. The summed E-state index contributed by atoms with van der Waals surface area (Å²) in [7, 11) is 3.17. The Morgan fingerprint density at radius 1 is 1.53 bits per heavy atom. The molecule has 0 radical (unpaired) electrons. The standard InChI is InChI=1S/C10H14N2O3S2/c13-6-7-15-10(14)12-5-8-16-17-9-3-1-2-4-11-9/h1-4,13H,5-8H2,(H,12,14). The molecule has 0 unspecified atom stereocenters. The summed E-state index contributed by atoms with van der Waals surface area (Å²) in [5, 5.41) is 12.0. The second-order valence-electron chi connectivity index (χ2n) is 2.86. The molecule has 0 saturated heterocycles. The predicted octanol–water partition coefficient (Wildman–Crippen LogP) is 1.54. The number of aliphatic hydroxyl groups is 1. The Bertz CT molecular complexity index is 325. The molecule has 0 aromatic carbocycles. The summed E-state index contributed by atoms with van der Waals surface area (Å²) in [4.78, 5) is 15.1. The average Bonchev–Trinajstić information content (AvgIpc) is 2.37. The highest BCUT2D eigenvalue weighted by Crippen LogP contribution is 2.28. The Labute approximate surface area is 108 Å². The van der Waals surface area contributed by atoms with Crippen molar-refractivity contribution < 1.29 is 14.6 Å². The third-order valence-electron chi connectivity index (χ3n) is 1.56. The molecule has 0 bridgehead atoms. The van der Waals surface area contributed by atoms with Crippen molar-refractivity contribution >= 4 is 27.7 Å². The first kappa shape index (κ1) is 14.1. The van der Waals surface area contributed by atoms with Gasteiger partial charge in [0, 0.05) is 18.5 Å². The van der Waals surface area contributed by atoms with Crippen LogP contribution in [-0.2, 0) is 4.74 Å². The van der Waals surface area contributed by atoms with E-state index in [1.807, 2.05) is 18.2 Å². The number of carbonyl (C=O) groups excluding carboxylic acids is 1. The van der Waals surface area contributed by atoms with Crippen molar-refractivity contribution in [1.82, 2.24) is 10.3 Å². The van der Waals surface area contributed by atoms with Crippen LogP contribution in [0.3, 0.4) is 0 Å². The third-order valence-corrected chi connectivity index (χ3v) is 3.83. The Balaban J connectivity index is 1.99. The number of amides is 1. The maximum atomic E-state index is 11.0. The van der Waals surface area contributed by atoms with E-state index in [1.54, 1.807) is 27.8 Å². The average molecular weight is 274 g/mol. The molecular weight excluding hydrogens is 260 g/mol. The molecule has 1 heterocycles. The van der Waals surface area contributed by atoms with Gasteiger partial charge >= 0.3 is 6.09 Å². The summed E-state index contributed by atoms with van der Waals surface area (Å²) in [5.41, 5.74) is 0. The van der Waals surface area contributed by atoms with Gasteiger partial charge in [0.1, 0.15) is 11.6 Å².